The van der Waals surface area contributed by atoms with Crippen molar-refractivity contribution in [1.82, 2.24) is 14.9 Å². The van der Waals surface area contributed by atoms with Crippen molar-refractivity contribution in [2.75, 3.05) is 0 Å². The van der Waals surface area contributed by atoms with E-state index in [1.807, 2.05) is 0 Å². The van der Waals surface area contributed by atoms with E-state index in [0.29, 0.717) is 5.56 Å². The quantitative estimate of drug-likeness (QED) is 0.857. The minimum Gasteiger partial charge on any atom is -0.406 e. The van der Waals surface area contributed by atoms with E-state index < -0.39 is 12.1 Å². The first-order chi connectivity index (χ1) is 8.94. The third kappa shape index (κ3) is 3.69. The van der Waals surface area contributed by atoms with E-state index in [9.17, 15) is 18.0 Å². The Morgan fingerprint density at radius 1 is 1.42 bits per heavy atom. The van der Waals surface area contributed by atoms with Crippen LogP contribution < -0.4 is 10.4 Å². The highest BCUT2D eigenvalue weighted by Crippen LogP contribution is 2.22. The highest BCUT2D eigenvalue weighted by atomic mass is 19.4. The van der Waals surface area contributed by atoms with E-state index in [1.54, 1.807) is 0 Å². The fraction of sp³-hybridized carbons (Fsp3) is 0.100. The van der Waals surface area contributed by atoms with Gasteiger partial charge in [0.25, 0.3) is 0 Å². The summed E-state index contributed by atoms with van der Waals surface area (Å²) >= 11 is 0. The summed E-state index contributed by atoms with van der Waals surface area (Å²) < 4.78 is 40.7. The summed E-state index contributed by atoms with van der Waals surface area (Å²) in [5, 5.41) is 9.28. The van der Waals surface area contributed by atoms with E-state index >= 15 is 0 Å². The van der Waals surface area contributed by atoms with Gasteiger partial charge >= 0.3 is 12.1 Å². The smallest absolute Gasteiger partial charge is 0.406 e. The standard InChI is InChI=1S/C10H7F3N4O2/c11-10(12,13)19-8-3-1-2-7(4-8)5-15-17-6-14-16-9(17)18/h1-6H,(H,16,18). The molecule has 1 heterocycles. The molecule has 0 aliphatic carbocycles. The molecule has 2 rings (SSSR count). The van der Waals surface area contributed by atoms with Gasteiger partial charge in [0.1, 0.15) is 12.1 Å². The number of halogens is 3. The Hall–Kier alpha value is -2.58. The maximum atomic E-state index is 12.0. The lowest BCUT2D eigenvalue weighted by Gasteiger charge is -2.08. The number of hydrogen-bond acceptors (Lipinski definition) is 4. The normalized spacial score (nSPS) is 11.9. The van der Waals surface area contributed by atoms with Gasteiger partial charge in [-0.05, 0) is 17.7 Å². The van der Waals surface area contributed by atoms with Crippen molar-refractivity contribution in [3.8, 4) is 5.75 Å². The molecule has 0 fully saturated rings. The number of H-pyrrole nitrogens is 1. The number of alkyl halides is 3. The molecule has 0 atom stereocenters. The van der Waals surface area contributed by atoms with Crippen molar-refractivity contribution in [3.63, 3.8) is 0 Å². The van der Waals surface area contributed by atoms with Crippen LogP contribution in [0.1, 0.15) is 5.56 Å². The summed E-state index contributed by atoms with van der Waals surface area (Å²) in [6, 6.07) is 5.19. The zero-order valence-electron chi connectivity index (χ0n) is 9.26. The molecule has 100 valence electrons. The van der Waals surface area contributed by atoms with Crippen LogP contribution in [0, 0.1) is 0 Å². The summed E-state index contributed by atoms with van der Waals surface area (Å²) in [5.74, 6) is -0.365. The van der Waals surface area contributed by atoms with E-state index in [0.717, 1.165) is 23.1 Å². The molecule has 19 heavy (non-hydrogen) atoms. The molecule has 0 radical (unpaired) electrons. The molecule has 6 nitrogen and oxygen atoms in total. The molecule has 2 aromatic rings. The first-order valence-corrected chi connectivity index (χ1v) is 4.96. The average molecular weight is 272 g/mol. The number of aromatic amines is 1. The summed E-state index contributed by atoms with van der Waals surface area (Å²) in [5.41, 5.74) is -0.214. The highest BCUT2D eigenvalue weighted by molar-refractivity contribution is 5.80. The first kappa shape index (κ1) is 12.9. The SMILES string of the molecule is O=c1[nH]ncn1N=Cc1cccc(OC(F)(F)F)c1. The fourth-order valence-electron chi connectivity index (χ4n) is 1.25. The van der Waals surface area contributed by atoms with Crippen LogP contribution in [-0.4, -0.2) is 27.5 Å². The molecule has 9 heteroatoms. The molecule has 0 saturated heterocycles. The summed E-state index contributed by atoms with van der Waals surface area (Å²) in [7, 11) is 0. The fourth-order valence-corrected chi connectivity index (χ4v) is 1.25. The largest absolute Gasteiger partial charge is 0.573 e. The monoisotopic (exact) mass is 272 g/mol. The lowest BCUT2D eigenvalue weighted by Crippen LogP contribution is -2.17. The van der Waals surface area contributed by atoms with Gasteiger partial charge in [-0.25, -0.2) is 9.89 Å². The number of hydrogen-bond donors (Lipinski definition) is 1. The Morgan fingerprint density at radius 2 is 2.21 bits per heavy atom. The molecular formula is C10H7F3N4O2. The molecule has 1 N–H and O–H groups in total. The Labute approximate surface area is 104 Å². The highest BCUT2D eigenvalue weighted by Gasteiger charge is 2.30. The molecular weight excluding hydrogens is 265 g/mol. The van der Waals surface area contributed by atoms with Crippen LogP contribution in [0.15, 0.2) is 40.5 Å². The zero-order valence-corrected chi connectivity index (χ0v) is 9.26. The van der Waals surface area contributed by atoms with E-state index in [-0.39, 0.29) is 5.75 Å². The van der Waals surface area contributed by atoms with Crippen molar-refractivity contribution in [3.05, 3.63) is 46.6 Å². The Balaban J connectivity index is 2.18. The Morgan fingerprint density at radius 3 is 2.84 bits per heavy atom. The van der Waals surface area contributed by atoms with Crippen LogP contribution in [-0.2, 0) is 0 Å². The van der Waals surface area contributed by atoms with Gasteiger partial charge in [-0.2, -0.15) is 14.9 Å². The number of nitrogens with zero attached hydrogens (tertiary/aromatic N) is 3. The summed E-state index contributed by atoms with van der Waals surface area (Å²) in [6.07, 6.45) is -2.41. The lowest BCUT2D eigenvalue weighted by molar-refractivity contribution is -0.274. The number of ether oxygens (including phenoxy) is 1. The molecule has 0 amide bonds. The Kier molecular flexibility index (Phi) is 3.36. The summed E-state index contributed by atoms with van der Waals surface area (Å²) in [6.45, 7) is 0. The van der Waals surface area contributed by atoms with Crippen molar-refractivity contribution < 1.29 is 17.9 Å². The van der Waals surface area contributed by atoms with Crippen LogP contribution in [0.5, 0.6) is 5.75 Å². The molecule has 0 unspecified atom stereocenters. The van der Waals surface area contributed by atoms with E-state index in [4.69, 9.17) is 0 Å². The van der Waals surface area contributed by atoms with Gasteiger partial charge in [-0.1, -0.05) is 12.1 Å². The maximum absolute atomic E-state index is 12.0. The molecule has 0 bridgehead atoms. The average Bonchev–Trinajstić information content (AvgIpc) is 2.70. The van der Waals surface area contributed by atoms with Gasteiger partial charge in [-0.15, -0.1) is 13.2 Å². The van der Waals surface area contributed by atoms with Gasteiger partial charge < -0.3 is 4.74 Å². The second kappa shape index (κ2) is 4.96. The minimum atomic E-state index is -4.75. The molecule has 0 saturated carbocycles. The van der Waals surface area contributed by atoms with Crippen LogP contribution in [0.25, 0.3) is 0 Å². The van der Waals surface area contributed by atoms with Crippen molar-refractivity contribution in [2.24, 2.45) is 5.10 Å². The Bertz CT molecular complexity index is 644. The lowest BCUT2D eigenvalue weighted by atomic mass is 10.2. The number of aromatic nitrogens is 3. The first-order valence-electron chi connectivity index (χ1n) is 4.96. The third-order valence-corrected chi connectivity index (χ3v) is 1.96. The van der Waals surface area contributed by atoms with E-state index in [1.165, 1.54) is 18.3 Å². The molecule has 1 aromatic carbocycles. The molecule has 0 aliphatic heterocycles. The van der Waals surface area contributed by atoms with Gasteiger partial charge in [0.2, 0.25) is 0 Å². The van der Waals surface area contributed by atoms with Crippen LogP contribution >= 0.6 is 0 Å². The van der Waals surface area contributed by atoms with Crippen molar-refractivity contribution >= 4 is 6.21 Å². The zero-order chi connectivity index (χ0) is 13.9. The van der Waals surface area contributed by atoms with Gasteiger partial charge in [-0.3, -0.25) is 0 Å². The van der Waals surface area contributed by atoms with Gasteiger partial charge in [0.05, 0.1) is 6.21 Å². The van der Waals surface area contributed by atoms with Gasteiger partial charge in [0.15, 0.2) is 0 Å². The molecule has 0 spiro atoms. The predicted octanol–water partition coefficient (Wildman–Crippen LogP) is 1.35. The third-order valence-electron chi connectivity index (χ3n) is 1.96. The van der Waals surface area contributed by atoms with Crippen LogP contribution in [0.3, 0.4) is 0 Å². The van der Waals surface area contributed by atoms with Crippen LogP contribution in [0.4, 0.5) is 13.2 Å². The van der Waals surface area contributed by atoms with Crippen molar-refractivity contribution in [2.45, 2.75) is 6.36 Å². The predicted molar refractivity (Wildman–Crippen MR) is 59.0 cm³/mol. The number of nitrogens with one attached hydrogen (secondary N) is 1. The molecule has 1 aromatic heterocycles. The van der Waals surface area contributed by atoms with E-state index in [2.05, 4.69) is 20.0 Å². The van der Waals surface area contributed by atoms with Crippen molar-refractivity contribution in [1.29, 1.82) is 0 Å². The number of benzene rings is 1. The number of rotatable bonds is 3. The topological polar surface area (TPSA) is 72.3 Å². The van der Waals surface area contributed by atoms with Crippen LogP contribution in [0.2, 0.25) is 0 Å². The maximum Gasteiger partial charge on any atom is 0.573 e. The summed E-state index contributed by atoms with van der Waals surface area (Å²) in [4.78, 5) is 11.1. The second-order valence-electron chi connectivity index (χ2n) is 3.37. The minimum absolute atomic E-state index is 0.342. The molecule has 0 aliphatic rings. The second-order valence-corrected chi connectivity index (χ2v) is 3.37. The van der Waals surface area contributed by atoms with Gasteiger partial charge in [0, 0.05) is 0 Å².